The summed E-state index contributed by atoms with van der Waals surface area (Å²) in [7, 11) is 0. The molecule has 3 heterocycles. The standard InChI is InChI=1S/C13H18F2N4S/c14-13(15)6-10-7-18(3-4-19(10)8-13)12-16-11(17-20-12)5-9-1-2-9/h9-10H,1-8H2/t10-/m0/s1. The van der Waals surface area contributed by atoms with Crippen molar-refractivity contribution in [3.05, 3.63) is 5.82 Å². The van der Waals surface area contributed by atoms with Crippen molar-refractivity contribution in [3.63, 3.8) is 0 Å². The fourth-order valence-corrected chi connectivity index (χ4v) is 3.94. The van der Waals surface area contributed by atoms with E-state index in [1.807, 2.05) is 4.90 Å². The highest BCUT2D eigenvalue weighted by Gasteiger charge is 2.47. The molecule has 0 spiro atoms. The van der Waals surface area contributed by atoms with Gasteiger partial charge in [-0.1, -0.05) is 0 Å². The zero-order chi connectivity index (χ0) is 13.7. The second-order valence-electron chi connectivity index (χ2n) is 6.27. The van der Waals surface area contributed by atoms with Crippen molar-refractivity contribution in [2.45, 2.75) is 37.6 Å². The van der Waals surface area contributed by atoms with Gasteiger partial charge < -0.3 is 4.90 Å². The fraction of sp³-hybridized carbons (Fsp3) is 0.846. The van der Waals surface area contributed by atoms with Gasteiger partial charge in [0.25, 0.3) is 5.92 Å². The molecule has 3 fully saturated rings. The quantitative estimate of drug-likeness (QED) is 0.855. The van der Waals surface area contributed by atoms with E-state index in [1.54, 1.807) is 0 Å². The van der Waals surface area contributed by atoms with Crippen LogP contribution in [0.1, 0.15) is 25.1 Å². The molecule has 0 amide bonds. The van der Waals surface area contributed by atoms with Crippen molar-refractivity contribution in [2.24, 2.45) is 5.92 Å². The van der Waals surface area contributed by atoms with Gasteiger partial charge in [-0.3, -0.25) is 4.90 Å². The Morgan fingerprint density at radius 1 is 1.30 bits per heavy atom. The zero-order valence-electron chi connectivity index (χ0n) is 11.3. The lowest BCUT2D eigenvalue weighted by Crippen LogP contribution is -2.50. The van der Waals surface area contributed by atoms with Crippen molar-refractivity contribution in [1.82, 2.24) is 14.3 Å². The van der Waals surface area contributed by atoms with Gasteiger partial charge in [0.1, 0.15) is 5.82 Å². The van der Waals surface area contributed by atoms with Crippen LogP contribution in [0.25, 0.3) is 0 Å². The number of nitrogens with zero attached hydrogens (tertiary/aromatic N) is 4. The molecule has 0 radical (unpaired) electrons. The molecule has 0 N–H and O–H groups in total. The van der Waals surface area contributed by atoms with Crippen LogP contribution in [0.4, 0.5) is 13.9 Å². The smallest absolute Gasteiger partial charge is 0.262 e. The highest BCUT2D eigenvalue weighted by atomic mass is 32.1. The van der Waals surface area contributed by atoms with Gasteiger partial charge in [-0.25, -0.2) is 13.8 Å². The summed E-state index contributed by atoms with van der Waals surface area (Å²) in [4.78, 5) is 8.65. The molecule has 3 aliphatic rings. The largest absolute Gasteiger partial charge is 0.344 e. The first-order valence-corrected chi connectivity index (χ1v) is 8.06. The van der Waals surface area contributed by atoms with Gasteiger partial charge >= 0.3 is 0 Å². The second-order valence-corrected chi connectivity index (χ2v) is 7.00. The normalized spacial score (nSPS) is 29.7. The van der Waals surface area contributed by atoms with Crippen LogP contribution in [0.5, 0.6) is 0 Å². The van der Waals surface area contributed by atoms with Gasteiger partial charge in [0.05, 0.1) is 6.54 Å². The number of anilines is 1. The van der Waals surface area contributed by atoms with Crippen molar-refractivity contribution in [2.75, 3.05) is 31.1 Å². The summed E-state index contributed by atoms with van der Waals surface area (Å²) in [5, 5.41) is 0.913. The molecule has 20 heavy (non-hydrogen) atoms. The lowest BCUT2D eigenvalue weighted by Gasteiger charge is -2.36. The van der Waals surface area contributed by atoms with Crippen molar-refractivity contribution in [1.29, 1.82) is 0 Å². The molecule has 1 aromatic rings. The van der Waals surface area contributed by atoms with Crippen molar-refractivity contribution >= 4 is 16.7 Å². The Morgan fingerprint density at radius 3 is 2.95 bits per heavy atom. The maximum atomic E-state index is 13.4. The van der Waals surface area contributed by atoms with E-state index in [1.165, 1.54) is 24.4 Å². The fourth-order valence-electron chi connectivity index (χ4n) is 3.21. The number of rotatable bonds is 3. The van der Waals surface area contributed by atoms with E-state index in [-0.39, 0.29) is 19.0 Å². The van der Waals surface area contributed by atoms with Crippen molar-refractivity contribution in [3.8, 4) is 0 Å². The molecule has 2 saturated heterocycles. The summed E-state index contributed by atoms with van der Waals surface area (Å²) in [6.45, 7) is 2.07. The van der Waals surface area contributed by atoms with E-state index in [9.17, 15) is 8.78 Å². The number of alkyl halides is 2. The number of fused-ring (bicyclic) bond motifs is 1. The number of piperazine rings is 1. The number of halogens is 2. The molecule has 2 aliphatic heterocycles. The maximum absolute atomic E-state index is 13.4. The third kappa shape index (κ3) is 2.53. The number of aromatic nitrogens is 2. The number of hydrogen-bond acceptors (Lipinski definition) is 5. The second kappa shape index (κ2) is 4.59. The van der Waals surface area contributed by atoms with E-state index in [2.05, 4.69) is 14.3 Å². The lowest BCUT2D eigenvalue weighted by atomic mass is 10.1. The topological polar surface area (TPSA) is 32.3 Å². The minimum atomic E-state index is -2.51. The minimum Gasteiger partial charge on any atom is -0.344 e. The van der Waals surface area contributed by atoms with Gasteiger partial charge in [0.15, 0.2) is 0 Å². The zero-order valence-corrected chi connectivity index (χ0v) is 12.1. The molecular formula is C13H18F2N4S. The monoisotopic (exact) mass is 300 g/mol. The van der Waals surface area contributed by atoms with Crippen LogP contribution in [-0.4, -0.2) is 52.4 Å². The van der Waals surface area contributed by atoms with Gasteiger partial charge in [-0.15, -0.1) is 0 Å². The third-order valence-electron chi connectivity index (χ3n) is 4.47. The van der Waals surface area contributed by atoms with E-state index in [0.29, 0.717) is 13.1 Å². The SMILES string of the molecule is FC1(F)C[C@H]2CN(c3nc(CC4CC4)ns3)CCN2C1. The average molecular weight is 300 g/mol. The van der Waals surface area contributed by atoms with Crippen LogP contribution in [0.15, 0.2) is 0 Å². The Balaban J connectivity index is 1.43. The Kier molecular flexibility index (Phi) is 2.96. The summed E-state index contributed by atoms with van der Waals surface area (Å²) < 4.78 is 31.3. The summed E-state index contributed by atoms with van der Waals surface area (Å²) in [5.41, 5.74) is 0. The van der Waals surface area contributed by atoms with E-state index in [4.69, 9.17) is 0 Å². The van der Waals surface area contributed by atoms with Gasteiger partial charge in [-0.2, -0.15) is 4.37 Å². The lowest BCUT2D eigenvalue weighted by molar-refractivity contribution is 0.0126. The molecule has 1 saturated carbocycles. The predicted molar refractivity (Wildman–Crippen MR) is 73.5 cm³/mol. The molecule has 0 bridgehead atoms. The molecule has 1 atom stereocenters. The summed E-state index contributed by atoms with van der Waals surface area (Å²) in [5.74, 6) is -0.798. The highest BCUT2D eigenvalue weighted by Crippen LogP contribution is 2.36. The Morgan fingerprint density at radius 2 is 2.15 bits per heavy atom. The molecule has 4 rings (SSSR count). The van der Waals surface area contributed by atoms with Crippen LogP contribution in [-0.2, 0) is 6.42 Å². The van der Waals surface area contributed by atoms with Crippen LogP contribution < -0.4 is 4.90 Å². The molecule has 4 nitrogen and oxygen atoms in total. The summed E-state index contributed by atoms with van der Waals surface area (Å²) in [6.07, 6.45) is 3.56. The van der Waals surface area contributed by atoms with Crippen LogP contribution >= 0.6 is 11.5 Å². The molecule has 1 aliphatic carbocycles. The van der Waals surface area contributed by atoms with E-state index >= 15 is 0 Å². The Labute approximate surface area is 120 Å². The van der Waals surface area contributed by atoms with Crippen LogP contribution in [0.3, 0.4) is 0 Å². The molecule has 1 aromatic heterocycles. The molecule has 0 aromatic carbocycles. The number of hydrogen-bond donors (Lipinski definition) is 0. The maximum Gasteiger partial charge on any atom is 0.262 e. The van der Waals surface area contributed by atoms with Gasteiger partial charge in [0.2, 0.25) is 5.13 Å². The Hall–Kier alpha value is -0.820. The molecular weight excluding hydrogens is 282 g/mol. The highest BCUT2D eigenvalue weighted by molar-refractivity contribution is 7.09. The van der Waals surface area contributed by atoms with Gasteiger partial charge in [0, 0.05) is 50.1 Å². The first-order valence-electron chi connectivity index (χ1n) is 7.28. The van der Waals surface area contributed by atoms with E-state index in [0.717, 1.165) is 29.8 Å². The third-order valence-corrected chi connectivity index (χ3v) is 5.28. The molecule has 110 valence electrons. The predicted octanol–water partition coefficient (Wildman–Crippen LogP) is 2.02. The van der Waals surface area contributed by atoms with Crippen LogP contribution in [0.2, 0.25) is 0 Å². The first-order chi connectivity index (χ1) is 9.59. The van der Waals surface area contributed by atoms with Gasteiger partial charge in [-0.05, 0) is 18.8 Å². The Bertz CT molecular complexity index is 502. The summed E-state index contributed by atoms with van der Waals surface area (Å²) in [6, 6.07) is -0.0328. The minimum absolute atomic E-state index is 0.0166. The summed E-state index contributed by atoms with van der Waals surface area (Å²) >= 11 is 1.42. The first kappa shape index (κ1) is 12.9. The van der Waals surface area contributed by atoms with E-state index < -0.39 is 5.92 Å². The molecule has 7 heteroatoms. The van der Waals surface area contributed by atoms with Crippen molar-refractivity contribution < 1.29 is 8.78 Å². The average Bonchev–Trinajstić information content (AvgIpc) is 2.96. The molecule has 0 unspecified atom stereocenters. The van der Waals surface area contributed by atoms with Crippen LogP contribution in [0, 0.1) is 5.92 Å².